The standard InChI is InChI=1S/C44H79N15O14/c1-6-23(4)34(40(69)55-26(43(72)73)12-7-8-14-45)57-38(67)28(18-31(47)62)56-41(70)35(24(5)61)58-37(66)27(17-22(2)3)53-32(63)19-51-36(65)29(21-60)54-33(64)20-52-39(68)30-13-10-16-59(30)42(71)25(46)11-9-15-50-44(48)49/h22-30,34-35,60-61H,6-21,45-46H2,1-5H3,(H2,47,62)(H,51,65)(H,52,68)(H,53,63)(H,54,64)(H,55,69)(H,56,70)(H,57,67)(H,58,66)(H,72,73)(H4,48,49,50)/t23-,24+,25-,26-,27-,28-,29-,30-,34-,35-/m0/s1. The van der Waals surface area contributed by atoms with E-state index in [-0.39, 0.29) is 44.2 Å². The molecule has 1 rings (SSSR count). The molecule has 0 aliphatic carbocycles. The Morgan fingerprint density at radius 2 is 1.27 bits per heavy atom. The molecule has 10 amide bonds. The highest BCUT2D eigenvalue weighted by Crippen LogP contribution is 2.19. The number of aliphatic hydroxyl groups is 2. The summed E-state index contributed by atoms with van der Waals surface area (Å²) in [5, 5.41) is 48.9. The van der Waals surface area contributed by atoms with Crippen LogP contribution in [0.1, 0.15) is 98.8 Å². The van der Waals surface area contributed by atoms with Crippen molar-refractivity contribution < 1.29 is 68.1 Å². The quantitative estimate of drug-likeness (QED) is 0.0162. The monoisotopic (exact) mass is 1040 g/mol. The van der Waals surface area contributed by atoms with Crippen molar-refractivity contribution in [2.24, 2.45) is 45.5 Å². The van der Waals surface area contributed by atoms with Crippen LogP contribution >= 0.6 is 0 Å². The molecule has 1 aliphatic heterocycles. The lowest BCUT2D eigenvalue weighted by Gasteiger charge is -2.29. The van der Waals surface area contributed by atoms with Gasteiger partial charge in [-0.15, -0.1) is 0 Å². The van der Waals surface area contributed by atoms with E-state index in [2.05, 4.69) is 47.5 Å². The molecule has 0 aromatic rings. The first-order valence-electron chi connectivity index (χ1n) is 24.2. The maximum absolute atomic E-state index is 13.6. The zero-order valence-corrected chi connectivity index (χ0v) is 42.3. The van der Waals surface area contributed by atoms with Gasteiger partial charge in [0.2, 0.25) is 59.1 Å². The first kappa shape index (κ1) is 64.3. The van der Waals surface area contributed by atoms with Crippen LogP contribution in [-0.4, -0.2) is 185 Å². The van der Waals surface area contributed by atoms with Gasteiger partial charge in [0.05, 0.1) is 38.3 Å². The molecule has 1 saturated heterocycles. The largest absolute Gasteiger partial charge is 0.480 e. The lowest BCUT2D eigenvalue weighted by molar-refractivity contribution is -0.143. The summed E-state index contributed by atoms with van der Waals surface area (Å²) in [5.74, 6) is -11.4. The van der Waals surface area contributed by atoms with Crippen LogP contribution in [0.4, 0.5) is 0 Å². The second kappa shape index (κ2) is 33.1. The number of carbonyl (C=O) groups is 11. The molecule has 1 heterocycles. The third kappa shape index (κ3) is 23.6. The number of carboxylic acid groups (broad SMARTS) is 1. The normalized spacial score (nSPS) is 16.8. The fourth-order valence-corrected chi connectivity index (χ4v) is 7.42. The number of carbonyl (C=O) groups excluding carboxylic acids is 10. The first-order valence-corrected chi connectivity index (χ1v) is 24.2. The van der Waals surface area contributed by atoms with Gasteiger partial charge in [-0.2, -0.15) is 0 Å². The maximum Gasteiger partial charge on any atom is 0.326 e. The van der Waals surface area contributed by atoms with Gasteiger partial charge in [0, 0.05) is 13.1 Å². The fraction of sp³-hybridized carbons (Fsp3) is 0.727. The summed E-state index contributed by atoms with van der Waals surface area (Å²) < 4.78 is 0. The number of carboxylic acids is 1. The van der Waals surface area contributed by atoms with Gasteiger partial charge in [-0.05, 0) is 76.7 Å². The van der Waals surface area contributed by atoms with E-state index in [9.17, 15) is 68.1 Å². The number of aliphatic imine (C=N–C) groups is 1. The second-order valence-electron chi connectivity index (χ2n) is 18.2. The highest BCUT2D eigenvalue weighted by Gasteiger charge is 2.38. The molecule has 21 N–H and O–H groups in total. The van der Waals surface area contributed by atoms with Crippen molar-refractivity contribution in [3.05, 3.63) is 0 Å². The van der Waals surface area contributed by atoms with Crippen molar-refractivity contribution in [3.8, 4) is 0 Å². The summed E-state index contributed by atoms with van der Waals surface area (Å²) in [4.78, 5) is 148. The molecule has 0 radical (unpaired) electrons. The highest BCUT2D eigenvalue weighted by molar-refractivity contribution is 5.99. The number of aliphatic carboxylic acids is 1. The van der Waals surface area contributed by atoms with E-state index in [0.717, 1.165) is 6.92 Å². The number of likely N-dealkylation sites (tertiary alicyclic amines) is 1. The Labute approximate surface area is 423 Å². The summed E-state index contributed by atoms with van der Waals surface area (Å²) in [5.41, 5.74) is 27.5. The van der Waals surface area contributed by atoms with E-state index in [1.807, 2.05) is 0 Å². The number of guanidine groups is 1. The number of rotatable bonds is 34. The zero-order chi connectivity index (χ0) is 55.5. The Kier molecular flexibility index (Phi) is 29.1. The van der Waals surface area contributed by atoms with Crippen LogP contribution in [0.3, 0.4) is 0 Å². The average molecular weight is 1040 g/mol. The third-order valence-electron chi connectivity index (χ3n) is 11.6. The molecule has 0 aromatic heterocycles. The molecule has 0 spiro atoms. The first-order chi connectivity index (χ1) is 34.3. The van der Waals surface area contributed by atoms with E-state index < -0.39 is 152 Å². The minimum atomic E-state index is -1.81. The van der Waals surface area contributed by atoms with Crippen LogP contribution in [0.2, 0.25) is 0 Å². The molecule has 0 unspecified atom stereocenters. The van der Waals surface area contributed by atoms with Crippen molar-refractivity contribution in [2.75, 3.05) is 39.3 Å². The van der Waals surface area contributed by atoms with Crippen LogP contribution < -0.4 is 71.2 Å². The predicted molar refractivity (Wildman–Crippen MR) is 262 cm³/mol. The van der Waals surface area contributed by atoms with Crippen LogP contribution in [0.15, 0.2) is 4.99 Å². The zero-order valence-electron chi connectivity index (χ0n) is 42.3. The van der Waals surface area contributed by atoms with E-state index >= 15 is 0 Å². The molecule has 414 valence electrons. The van der Waals surface area contributed by atoms with Gasteiger partial charge in [0.15, 0.2) is 5.96 Å². The minimum Gasteiger partial charge on any atom is -0.480 e. The summed E-state index contributed by atoms with van der Waals surface area (Å²) in [6, 6.07) is -11.0. The Bertz CT molecular complexity index is 1940. The van der Waals surface area contributed by atoms with Crippen molar-refractivity contribution in [2.45, 2.75) is 153 Å². The molecule has 1 aliphatic rings. The molecule has 0 saturated carbocycles. The number of nitrogens with one attached hydrogen (secondary N) is 8. The number of unbranched alkanes of at least 4 members (excludes halogenated alkanes) is 1. The van der Waals surface area contributed by atoms with Crippen molar-refractivity contribution in [1.29, 1.82) is 0 Å². The summed E-state index contributed by atoms with van der Waals surface area (Å²) in [6.45, 7) is 6.31. The Balaban J connectivity index is 2.98. The van der Waals surface area contributed by atoms with Crippen molar-refractivity contribution in [1.82, 2.24) is 47.4 Å². The lowest BCUT2D eigenvalue weighted by Crippen LogP contribution is -2.62. The summed E-state index contributed by atoms with van der Waals surface area (Å²) in [6.07, 6.45) is 0.266. The van der Waals surface area contributed by atoms with Gasteiger partial charge in [-0.25, -0.2) is 4.79 Å². The van der Waals surface area contributed by atoms with Gasteiger partial charge in [-0.3, -0.25) is 52.9 Å². The molecule has 73 heavy (non-hydrogen) atoms. The summed E-state index contributed by atoms with van der Waals surface area (Å²) in [7, 11) is 0. The Hall–Kier alpha value is -6.72. The SMILES string of the molecule is CC[C@H](C)[C@H](NC(=O)[C@H](CC(N)=O)NC(=O)[C@@H](NC(=O)[C@H](CC(C)C)NC(=O)CNC(=O)[C@H](CO)NC(=O)CNC(=O)[C@@H]1CCCN1C(=O)[C@@H](N)CCCN=C(N)N)[C@@H](C)O)C(=O)N[C@@H](CCCCN)C(=O)O. The number of hydrogen-bond acceptors (Lipinski definition) is 16. The van der Waals surface area contributed by atoms with Gasteiger partial charge >= 0.3 is 5.97 Å². The minimum absolute atomic E-state index is 0.0392. The number of primary amides is 1. The van der Waals surface area contributed by atoms with Crippen LogP contribution in [-0.2, 0) is 52.7 Å². The number of aliphatic hydroxyl groups excluding tert-OH is 2. The van der Waals surface area contributed by atoms with Crippen LogP contribution in [0.25, 0.3) is 0 Å². The molecule has 0 bridgehead atoms. The van der Waals surface area contributed by atoms with Crippen LogP contribution in [0, 0.1) is 11.8 Å². The lowest BCUT2D eigenvalue weighted by atomic mass is 9.96. The molecule has 0 aromatic carbocycles. The molecular weight excluding hydrogens is 963 g/mol. The van der Waals surface area contributed by atoms with E-state index in [1.165, 1.54) is 4.90 Å². The van der Waals surface area contributed by atoms with Gasteiger partial charge < -0.3 is 91.4 Å². The summed E-state index contributed by atoms with van der Waals surface area (Å²) >= 11 is 0. The average Bonchev–Trinajstić information content (AvgIpc) is 3.82. The molecular formula is C44H79N15O14. The fourth-order valence-electron chi connectivity index (χ4n) is 7.42. The molecule has 29 heteroatoms. The number of hydrogen-bond donors (Lipinski definition) is 16. The number of nitrogens with zero attached hydrogens (tertiary/aromatic N) is 2. The molecule has 10 atom stereocenters. The number of nitrogens with two attached hydrogens (primary N) is 5. The number of amides is 10. The molecule has 1 fully saturated rings. The van der Waals surface area contributed by atoms with E-state index in [0.29, 0.717) is 45.1 Å². The smallest absolute Gasteiger partial charge is 0.326 e. The van der Waals surface area contributed by atoms with E-state index in [4.69, 9.17) is 28.7 Å². The van der Waals surface area contributed by atoms with Crippen LogP contribution in [0.5, 0.6) is 0 Å². The molecule has 29 nitrogen and oxygen atoms in total. The highest BCUT2D eigenvalue weighted by atomic mass is 16.4. The van der Waals surface area contributed by atoms with Crippen molar-refractivity contribution in [3.63, 3.8) is 0 Å². The Morgan fingerprint density at radius 1 is 0.699 bits per heavy atom. The van der Waals surface area contributed by atoms with Gasteiger partial charge in [-0.1, -0.05) is 34.1 Å². The van der Waals surface area contributed by atoms with Gasteiger partial charge in [0.1, 0.15) is 42.3 Å². The predicted octanol–water partition coefficient (Wildman–Crippen LogP) is -6.95. The Morgan fingerprint density at radius 3 is 1.82 bits per heavy atom. The second-order valence-corrected chi connectivity index (χ2v) is 18.2. The third-order valence-corrected chi connectivity index (χ3v) is 11.6. The van der Waals surface area contributed by atoms with Crippen molar-refractivity contribution >= 4 is 71.0 Å². The van der Waals surface area contributed by atoms with E-state index in [1.54, 1.807) is 27.7 Å². The maximum atomic E-state index is 13.6. The van der Waals surface area contributed by atoms with Gasteiger partial charge in [0.25, 0.3) is 0 Å². The topological polar surface area (TPSA) is 490 Å².